The lowest BCUT2D eigenvalue weighted by molar-refractivity contribution is 0.598. The van der Waals surface area contributed by atoms with E-state index >= 15 is 0 Å². The molecule has 0 aromatic carbocycles. The Kier molecular flexibility index (Phi) is 3.69. The second kappa shape index (κ2) is 5.25. The highest BCUT2D eigenvalue weighted by Gasteiger charge is 2.06. The Morgan fingerprint density at radius 2 is 1.94 bits per heavy atom. The van der Waals surface area contributed by atoms with Gasteiger partial charge >= 0.3 is 0 Å². The third kappa shape index (κ3) is 2.72. The van der Waals surface area contributed by atoms with Crippen LogP contribution in [0.3, 0.4) is 0 Å². The lowest BCUT2D eigenvalue weighted by atomic mass is 10.2. The molecule has 0 unspecified atom stereocenters. The highest BCUT2D eigenvalue weighted by Crippen LogP contribution is 2.14. The molecule has 0 saturated carbocycles. The molecule has 2 aromatic heterocycles. The van der Waals surface area contributed by atoms with Crippen LogP contribution in [0.2, 0.25) is 0 Å². The first-order valence-corrected chi connectivity index (χ1v) is 6.37. The lowest BCUT2D eigenvalue weighted by Crippen LogP contribution is -2.00. The predicted molar refractivity (Wildman–Crippen MR) is 72.5 cm³/mol. The fourth-order valence-corrected chi connectivity index (χ4v) is 2.04. The van der Waals surface area contributed by atoms with Crippen LogP contribution in [-0.2, 0) is 20.1 Å². The van der Waals surface area contributed by atoms with Crippen LogP contribution in [0.15, 0.2) is 12.4 Å². The summed E-state index contributed by atoms with van der Waals surface area (Å²) < 4.78 is 3.84. The van der Waals surface area contributed by atoms with Crippen molar-refractivity contribution in [2.24, 2.45) is 7.05 Å². The highest BCUT2D eigenvalue weighted by atomic mass is 15.3. The van der Waals surface area contributed by atoms with E-state index in [1.54, 1.807) is 0 Å². The van der Waals surface area contributed by atoms with Crippen LogP contribution in [-0.4, -0.2) is 19.6 Å². The second-order valence-electron chi connectivity index (χ2n) is 4.66. The number of nitrogens with one attached hydrogen (secondary N) is 1. The minimum absolute atomic E-state index is 0.794. The quantitative estimate of drug-likeness (QED) is 0.881. The monoisotopic (exact) mass is 247 g/mol. The van der Waals surface area contributed by atoms with Gasteiger partial charge in [0.05, 0.1) is 17.1 Å². The first-order chi connectivity index (χ1) is 8.60. The molecule has 0 aliphatic heterocycles. The number of hydrogen-bond donors (Lipinski definition) is 1. The Morgan fingerprint density at radius 3 is 2.56 bits per heavy atom. The molecule has 2 aromatic rings. The summed E-state index contributed by atoms with van der Waals surface area (Å²) in [4.78, 5) is 0. The van der Waals surface area contributed by atoms with E-state index in [1.165, 1.54) is 5.56 Å². The molecule has 2 heterocycles. The van der Waals surface area contributed by atoms with Gasteiger partial charge in [-0.15, -0.1) is 0 Å². The number of rotatable bonds is 5. The van der Waals surface area contributed by atoms with E-state index in [2.05, 4.69) is 35.6 Å². The van der Waals surface area contributed by atoms with E-state index in [0.717, 1.165) is 36.6 Å². The zero-order valence-electron chi connectivity index (χ0n) is 11.6. The van der Waals surface area contributed by atoms with Gasteiger partial charge in [0, 0.05) is 38.1 Å². The molecule has 0 spiro atoms. The summed E-state index contributed by atoms with van der Waals surface area (Å²) >= 11 is 0. The van der Waals surface area contributed by atoms with Crippen molar-refractivity contribution >= 4 is 5.69 Å². The van der Waals surface area contributed by atoms with E-state index in [4.69, 9.17) is 0 Å². The van der Waals surface area contributed by atoms with Crippen LogP contribution in [0, 0.1) is 13.8 Å². The minimum atomic E-state index is 0.794. The Bertz CT molecular complexity index is 523. The average Bonchev–Trinajstić information content (AvgIpc) is 2.80. The van der Waals surface area contributed by atoms with E-state index in [-0.39, 0.29) is 0 Å². The van der Waals surface area contributed by atoms with E-state index in [1.807, 2.05) is 29.5 Å². The molecular weight excluding hydrogens is 226 g/mol. The zero-order valence-corrected chi connectivity index (χ0v) is 11.6. The van der Waals surface area contributed by atoms with Crippen molar-refractivity contribution in [3.05, 3.63) is 29.3 Å². The molecule has 0 atom stereocenters. The van der Waals surface area contributed by atoms with Gasteiger partial charge in [-0.05, 0) is 20.3 Å². The van der Waals surface area contributed by atoms with E-state index < -0.39 is 0 Å². The summed E-state index contributed by atoms with van der Waals surface area (Å²) in [5.74, 6) is 0. The molecule has 18 heavy (non-hydrogen) atoms. The summed E-state index contributed by atoms with van der Waals surface area (Å²) in [6, 6.07) is 0. The van der Waals surface area contributed by atoms with Crippen molar-refractivity contribution < 1.29 is 0 Å². The number of hydrogen-bond acceptors (Lipinski definition) is 3. The molecule has 5 nitrogen and oxygen atoms in total. The highest BCUT2D eigenvalue weighted by molar-refractivity contribution is 5.46. The Labute approximate surface area is 108 Å². The number of aryl methyl sites for hydroxylation is 4. The summed E-state index contributed by atoms with van der Waals surface area (Å²) in [5, 5.41) is 12.2. The molecule has 1 N–H and O–H groups in total. The van der Waals surface area contributed by atoms with Crippen molar-refractivity contribution in [1.82, 2.24) is 19.6 Å². The van der Waals surface area contributed by atoms with Crippen LogP contribution in [0.1, 0.15) is 30.3 Å². The van der Waals surface area contributed by atoms with Crippen molar-refractivity contribution in [2.75, 3.05) is 5.32 Å². The van der Waals surface area contributed by atoms with Gasteiger partial charge in [-0.3, -0.25) is 9.36 Å². The van der Waals surface area contributed by atoms with Gasteiger partial charge in [0.25, 0.3) is 0 Å². The Hall–Kier alpha value is -1.78. The molecule has 5 heteroatoms. The number of aromatic nitrogens is 4. The van der Waals surface area contributed by atoms with Gasteiger partial charge in [0.1, 0.15) is 0 Å². The van der Waals surface area contributed by atoms with Crippen molar-refractivity contribution in [2.45, 2.75) is 40.3 Å². The van der Waals surface area contributed by atoms with Gasteiger partial charge in [-0.2, -0.15) is 10.2 Å². The molecule has 0 radical (unpaired) electrons. The van der Waals surface area contributed by atoms with Gasteiger partial charge in [-0.1, -0.05) is 6.92 Å². The largest absolute Gasteiger partial charge is 0.378 e. The fourth-order valence-electron chi connectivity index (χ4n) is 2.04. The standard InChI is InChI=1S/C13H21N5/c1-5-6-18-8-12(10(2)16-18)7-14-13-9-17(4)15-11(13)3/h8-9,14H,5-7H2,1-4H3. The normalized spacial score (nSPS) is 10.9. The molecule has 0 aliphatic rings. The molecule has 98 valence electrons. The third-order valence-electron chi connectivity index (χ3n) is 2.98. The van der Waals surface area contributed by atoms with Crippen LogP contribution in [0.4, 0.5) is 5.69 Å². The average molecular weight is 247 g/mol. The van der Waals surface area contributed by atoms with Gasteiger partial charge < -0.3 is 5.32 Å². The molecule has 2 rings (SSSR count). The van der Waals surface area contributed by atoms with Gasteiger partial charge in [-0.25, -0.2) is 0 Å². The SMILES string of the molecule is CCCn1cc(CNc2cn(C)nc2C)c(C)n1. The number of anilines is 1. The molecule has 0 aliphatic carbocycles. The van der Waals surface area contributed by atoms with Crippen LogP contribution >= 0.6 is 0 Å². The molecule has 0 fully saturated rings. The maximum absolute atomic E-state index is 4.50. The summed E-state index contributed by atoms with van der Waals surface area (Å²) in [5.41, 5.74) is 4.44. The van der Waals surface area contributed by atoms with Crippen molar-refractivity contribution in [1.29, 1.82) is 0 Å². The first kappa shape index (κ1) is 12.7. The number of nitrogens with zero attached hydrogens (tertiary/aromatic N) is 4. The first-order valence-electron chi connectivity index (χ1n) is 6.37. The molecule has 0 saturated heterocycles. The third-order valence-corrected chi connectivity index (χ3v) is 2.98. The summed E-state index contributed by atoms with van der Waals surface area (Å²) in [6.45, 7) is 8.00. The zero-order chi connectivity index (χ0) is 13.1. The van der Waals surface area contributed by atoms with Crippen molar-refractivity contribution in [3.63, 3.8) is 0 Å². The maximum Gasteiger partial charge on any atom is 0.0825 e. The van der Waals surface area contributed by atoms with Crippen molar-refractivity contribution in [3.8, 4) is 0 Å². The maximum atomic E-state index is 4.50. The smallest absolute Gasteiger partial charge is 0.0825 e. The Morgan fingerprint density at radius 1 is 1.17 bits per heavy atom. The molecular formula is C13H21N5. The fraction of sp³-hybridized carbons (Fsp3) is 0.538. The predicted octanol–water partition coefficient (Wildman–Crippen LogP) is 2.26. The molecule has 0 amide bonds. The summed E-state index contributed by atoms with van der Waals surface area (Å²) in [6.07, 6.45) is 5.23. The van der Waals surface area contributed by atoms with Crippen LogP contribution < -0.4 is 5.32 Å². The minimum Gasteiger partial charge on any atom is -0.378 e. The van der Waals surface area contributed by atoms with Gasteiger partial charge in [0.2, 0.25) is 0 Å². The van der Waals surface area contributed by atoms with Crippen LogP contribution in [0.5, 0.6) is 0 Å². The Balaban J connectivity index is 2.03. The van der Waals surface area contributed by atoms with E-state index in [0.29, 0.717) is 0 Å². The van der Waals surface area contributed by atoms with Gasteiger partial charge in [0.15, 0.2) is 0 Å². The summed E-state index contributed by atoms with van der Waals surface area (Å²) in [7, 11) is 1.93. The molecule has 0 bridgehead atoms. The van der Waals surface area contributed by atoms with Crippen LogP contribution in [0.25, 0.3) is 0 Å². The topological polar surface area (TPSA) is 47.7 Å². The lowest BCUT2D eigenvalue weighted by Gasteiger charge is -2.03. The van der Waals surface area contributed by atoms with E-state index in [9.17, 15) is 0 Å². The second-order valence-corrected chi connectivity index (χ2v) is 4.66.